The number of aromatic amines is 1. The van der Waals surface area contributed by atoms with E-state index in [1.165, 1.54) is 11.1 Å². The summed E-state index contributed by atoms with van der Waals surface area (Å²) < 4.78 is 5.69. The molecule has 4 rings (SSSR count). The molecule has 154 valence electrons. The number of nitrogens with zero attached hydrogens (tertiary/aromatic N) is 7. The van der Waals surface area contributed by atoms with Gasteiger partial charge in [0.25, 0.3) is 5.95 Å². The largest absolute Gasteiger partial charge is 0.271 e. The third kappa shape index (κ3) is 3.76. The van der Waals surface area contributed by atoms with Crippen molar-refractivity contribution in [2.75, 3.05) is 0 Å². The Hall–Kier alpha value is -3.33. The van der Waals surface area contributed by atoms with Gasteiger partial charge in [0.2, 0.25) is 4.77 Å². The van der Waals surface area contributed by atoms with Crippen molar-refractivity contribution in [3.63, 3.8) is 0 Å². The Labute approximate surface area is 179 Å². The lowest BCUT2D eigenvalue weighted by atomic mass is 10.1. The standard InChI is InChI=1S/C21H24N8S/c1-13-6-8-18(9-7-13)12-27-17(5)19(16(4)26-27)11-22-29-20(23-24-21(29)30)28-15(3)10-14(2)25-28/h6-11H,12H2,1-5H3,(H,24,30)/b22-11+. The van der Waals surface area contributed by atoms with Gasteiger partial charge in [-0.3, -0.25) is 4.68 Å². The molecule has 0 unspecified atom stereocenters. The van der Waals surface area contributed by atoms with Gasteiger partial charge >= 0.3 is 0 Å². The van der Waals surface area contributed by atoms with E-state index in [1.807, 2.05) is 38.4 Å². The third-order valence-electron chi connectivity index (χ3n) is 5.03. The molecule has 3 heterocycles. The minimum atomic E-state index is 0.399. The Morgan fingerprint density at radius 3 is 2.47 bits per heavy atom. The first-order chi connectivity index (χ1) is 14.3. The first-order valence-electron chi connectivity index (χ1n) is 9.68. The van der Waals surface area contributed by atoms with E-state index in [1.54, 1.807) is 15.6 Å². The minimum Gasteiger partial charge on any atom is -0.265 e. The van der Waals surface area contributed by atoms with Crippen molar-refractivity contribution in [3.05, 3.63) is 74.6 Å². The molecule has 1 N–H and O–H groups in total. The lowest BCUT2D eigenvalue weighted by molar-refractivity contribution is 0.659. The van der Waals surface area contributed by atoms with Crippen molar-refractivity contribution in [2.24, 2.45) is 5.10 Å². The number of rotatable bonds is 5. The van der Waals surface area contributed by atoms with Crippen LogP contribution in [-0.4, -0.2) is 40.6 Å². The van der Waals surface area contributed by atoms with Crippen molar-refractivity contribution < 1.29 is 0 Å². The summed E-state index contributed by atoms with van der Waals surface area (Å²) in [7, 11) is 0. The van der Waals surface area contributed by atoms with E-state index in [-0.39, 0.29) is 0 Å². The first kappa shape index (κ1) is 20.0. The molecule has 0 aliphatic carbocycles. The molecule has 0 amide bonds. The highest BCUT2D eigenvalue weighted by Crippen LogP contribution is 2.15. The molecule has 0 radical (unpaired) electrons. The van der Waals surface area contributed by atoms with Crippen molar-refractivity contribution in [2.45, 2.75) is 41.2 Å². The van der Waals surface area contributed by atoms with Gasteiger partial charge in [-0.05, 0) is 58.5 Å². The monoisotopic (exact) mass is 420 g/mol. The van der Waals surface area contributed by atoms with E-state index >= 15 is 0 Å². The number of hydrogen-bond donors (Lipinski definition) is 1. The molecule has 1 aromatic carbocycles. The second kappa shape index (κ2) is 7.83. The number of aryl methyl sites for hydroxylation is 4. The summed E-state index contributed by atoms with van der Waals surface area (Å²) >= 11 is 5.38. The normalized spacial score (nSPS) is 11.6. The highest BCUT2D eigenvalue weighted by atomic mass is 32.1. The maximum atomic E-state index is 5.38. The van der Waals surface area contributed by atoms with Crippen molar-refractivity contribution in [3.8, 4) is 5.95 Å². The summed E-state index contributed by atoms with van der Waals surface area (Å²) in [6.45, 7) is 10.7. The van der Waals surface area contributed by atoms with E-state index < -0.39 is 0 Å². The summed E-state index contributed by atoms with van der Waals surface area (Å²) in [5, 5.41) is 20.9. The molecule has 30 heavy (non-hydrogen) atoms. The number of nitrogens with one attached hydrogen (secondary N) is 1. The molecule has 0 saturated carbocycles. The Morgan fingerprint density at radius 2 is 1.80 bits per heavy atom. The zero-order valence-corrected chi connectivity index (χ0v) is 18.5. The van der Waals surface area contributed by atoms with Crippen LogP contribution in [0.5, 0.6) is 0 Å². The van der Waals surface area contributed by atoms with E-state index in [2.05, 4.69) is 51.6 Å². The van der Waals surface area contributed by atoms with Gasteiger partial charge in [0, 0.05) is 17.0 Å². The number of hydrogen-bond acceptors (Lipinski definition) is 5. The van der Waals surface area contributed by atoms with Gasteiger partial charge in [-0.1, -0.05) is 29.8 Å². The number of H-pyrrole nitrogens is 1. The van der Waals surface area contributed by atoms with E-state index in [9.17, 15) is 0 Å². The van der Waals surface area contributed by atoms with Gasteiger partial charge < -0.3 is 0 Å². The lowest BCUT2D eigenvalue weighted by Crippen LogP contribution is -2.07. The third-order valence-corrected chi connectivity index (χ3v) is 5.29. The highest BCUT2D eigenvalue weighted by molar-refractivity contribution is 7.71. The van der Waals surface area contributed by atoms with Crippen LogP contribution in [0.25, 0.3) is 5.95 Å². The molecule has 0 bridgehead atoms. The highest BCUT2D eigenvalue weighted by Gasteiger charge is 2.14. The fourth-order valence-corrected chi connectivity index (χ4v) is 3.56. The molecule has 0 saturated heterocycles. The minimum absolute atomic E-state index is 0.399. The number of aromatic nitrogens is 7. The molecule has 0 aliphatic heterocycles. The molecular formula is C21H24N8S. The van der Waals surface area contributed by atoms with Gasteiger partial charge in [0.1, 0.15) is 0 Å². The molecule has 9 heteroatoms. The molecule has 0 fully saturated rings. The van der Waals surface area contributed by atoms with Crippen LogP contribution in [0.4, 0.5) is 0 Å². The van der Waals surface area contributed by atoms with Gasteiger partial charge in [-0.15, -0.1) is 5.10 Å². The van der Waals surface area contributed by atoms with Crippen LogP contribution in [0.3, 0.4) is 0 Å². The van der Waals surface area contributed by atoms with Crippen LogP contribution >= 0.6 is 12.2 Å². The van der Waals surface area contributed by atoms with Crippen LogP contribution in [0.15, 0.2) is 35.4 Å². The first-order valence-corrected chi connectivity index (χ1v) is 10.1. The Morgan fingerprint density at radius 1 is 1.07 bits per heavy atom. The molecule has 4 aromatic rings. The predicted molar refractivity (Wildman–Crippen MR) is 119 cm³/mol. The van der Waals surface area contributed by atoms with Crippen molar-refractivity contribution >= 4 is 18.4 Å². The second-order valence-electron chi connectivity index (χ2n) is 7.45. The SMILES string of the molecule is Cc1ccc(Cn2nc(C)c(/C=N/n3c(-n4nc(C)cc4C)n[nH]c3=S)c2C)cc1. The van der Waals surface area contributed by atoms with E-state index in [4.69, 9.17) is 17.3 Å². The van der Waals surface area contributed by atoms with Crippen LogP contribution in [-0.2, 0) is 6.54 Å². The van der Waals surface area contributed by atoms with Gasteiger partial charge in [0.05, 0.1) is 24.1 Å². The van der Waals surface area contributed by atoms with E-state index in [0.717, 1.165) is 28.3 Å². The smallest absolute Gasteiger partial charge is 0.265 e. The summed E-state index contributed by atoms with van der Waals surface area (Å²) in [6, 6.07) is 10.5. The van der Waals surface area contributed by atoms with Crippen LogP contribution in [0.1, 0.15) is 39.5 Å². The van der Waals surface area contributed by atoms with Gasteiger partial charge in [0.15, 0.2) is 0 Å². The average Bonchev–Trinajstić information content (AvgIpc) is 3.31. The summed E-state index contributed by atoms with van der Waals surface area (Å²) in [5.41, 5.74) is 7.22. The summed E-state index contributed by atoms with van der Waals surface area (Å²) in [4.78, 5) is 0. The van der Waals surface area contributed by atoms with Crippen molar-refractivity contribution in [1.82, 2.24) is 34.4 Å². The zero-order valence-electron chi connectivity index (χ0n) is 17.7. The lowest BCUT2D eigenvalue weighted by Gasteiger charge is -2.05. The van der Waals surface area contributed by atoms with Gasteiger partial charge in [-0.25, -0.2) is 9.78 Å². The maximum absolute atomic E-state index is 5.38. The quantitative estimate of drug-likeness (QED) is 0.393. The van der Waals surface area contributed by atoms with Gasteiger partial charge in [-0.2, -0.15) is 20.0 Å². The maximum Gasteiger partial charge on any atom is 0.271 e. The Bertz CT molecular complexity index is 1280. The molecule has 0 atom stereocenters. The molecular weight excluding hydrogens is 396 g/mol. The van der Waals surface area contributed by atoms with E-state index in [0.29, 0.717) is 17.3 Å². The number of benzene rings is 1. The second-order valence-corrected chi connectivity index (χ2v) is 7.84. The Balaban J connectivity index is 1.66. The van der Waals surface area contributed by atoms with Crippen LogP contribution in [0, 0.1) is 39.4 Å². The molecule has 8 nitrogen and oxygen atoms in total. The van der Waals surface area contributed by atoms with Crippen molar-refractivity contribution in [1.29, 1.82) is 0 Å². The zero-order chi connectivity index (χ0) is 21.4. The Kier molecular flexibility index (Phi) is 5.21. The fourth-order valence-electron chi connectivity index (χ4n) is 3.39. The molecule has 0 spiro atoms. The fraction of sp³-hybridized carbons (Fsp3) is 0.286. The van der Waals surface area contributed by atoms with Crippen LogP contribution < -0.4 is 0 Å². The predicted octanol–water partition coefficient (Wildman–Crippen LogP) is 3.80. The van der Waals surface area contributed by atoms with Crippen LogP contribution in [0.2, 0.25) is 0 Å². The topological polar surface area (TPSA) is 81.6 Å². The average molecular weight is 421 g/mol. The molecule has 0 aliphatic rings. The summed E-state index contributed by atoms with van der Waals surface area (Å²) in [5.74, 6) is 0.518. The summed E-state index contributed by atoms with van der Waals surface area (Å²) in [6.07, 6.45) is 1.78. The molecule has 3 aromatic heterocycles.